The van der Waals surface area contributed by atoms with E-state index in [1.54, 1.807) is 12.1 Å². The Morgan fingerprint density at radius 3 is 2.77 bits per heavy atom. The average molecular weight is 436 g/mol. The summed E-state index contributed by atoms with van der Waals surface area (Å²) in [6.07, 6.45) is 1.52. The minimum absolute atomic E-state index is 0.0573. The summed E-state index contributed by atoms with van der Waals surface area (Å²) in [5.41, 5.74) is 3.39. The van der Waals surface area contributed by atoms with E-state index in [9.17, 15) is 9.59 Å². The fourth-order valence-electron chi connectivity index (χ4n) is 3.77. The van der Waals surface area contributed by atoms with Crippen LogP contribution in [0.2, 0.25) is 0 Å². The van der Waals surface area contributed by atoms with E-state index in [1.807, 2.05) is 37.3 Å². The fraction of sp³-hybridized carbons (Fsp3) is 0.261. The number of rotatable bonds is 5. The molecule has 1 aromatic heterocycles. The van der Waals surface area contributed by atoms with E-state index in [0.717, 1.165) is 40.3 Å². The van der Waals surface area contributed by atoms with E-state index in [0.29, 0.717) is 23.0 Å². The molecule has 0 radical (unpaired) electrons. The van der Waals surface area contributed by atoms with E-state index in [2.05, 4.69) is 15.6 Å². The molecule has 2 aliphatic rings. The van der Waals surface area contributed by atoms with Crippen LogP contribution < -0.4 is 20.1 Å². The molecule has 2 aromatic carbocycles. The van der Waals surface area contributed by atoms with Crippen LogP contribution >= 0.6 is 11.3 Å². The molecule has 1 atom stereocenters. The van der Waals surface area contributed by atoms with Crippen molar-refractivity contribution in [3.05, 3.63) is 69.7 Å². The third-order valence-corrected chi connectivity index (χ3v) is 6.52. The number of aryl methyl sites for hydroxylation is 2. The Morgan fingerprint density at radius 1 is 1.13 bits per heavy atom. The summed E-state index contributed by atoms with van der Waals surface area (Å²) in [4.78, 5) is 30.9. The van der Waals surface area contributed by atoms with Crippen LogP contribution in [0.5, 0.6) is 11.5 Å². The van der Waals surface area contributed by atoms with E-state index < -0.39 is 0 Å². The number of aromatic nitrogens is 1. The van der Waals surface area contributed by atoms with Crippen LogP contribution in [0.4, 0.5) is 5.13 Å². The number of hydrogen-bond donors (Lipinski definition) is 2. The number of carbonyl (C=O) groups is 2. The lowest BCUT2D eigenvalue weighted by molar-refractivity contribution is -0.122. The standard InChI is InChI=1S/C23H21N3O4S/c1-13-2-5-15(6-3-13)21(27)26-23-25-20-16(7-9-19(20)31-23)22(28)24-11-14-4-8-17-18(10-14)30-12-29-17/h2-6,8,10,16H,7,9,11-12H2,1H3,(H,24,28)(H,25,26,27)/t16-/m0/s1. The second-order valence-electron chi connectivity index (χ2n) is 7.64. The molecule has 0 saturated heterocycles. The van der Waals surface area contributed by atoms with Crippen molar-refractivity contribution >= 4 is 28.3 Å². The van der Waals surface area contributed by atoms with Crippen molar-refractivity contribution in [2.24, 2.45) is 0 Å². The van der Waals surface area contributed by atoms with Gasteiger partial charge in [0.2, 0.25) is 12.7 Å². The second-order valence-corrected chi connectivity index (χ2v) is 8.73. The van der Waals surface area contributed by atoms with Crippen molar-refractivity contribution in [3.8, 4) is 11.5 Å². The van der Waals surface area contributed by atoms with Crippen molar-refractivity contribution in [1.29, 1.82) is 0 Å². The van der Waals surface area contributed by atoms with Gasteiger partial charge < -0.3 is 14.8 Å². The molecule has 8 heteroatoms. The van der Waals surface area contributed by atoms with Crippen molar-refractivity contribution in [2.75, 3.05) is 12.1 Å². The Hall–Kier alpha value is -3.39. The highest BCUT2D eigenvalue weighted by Gasteiger charge is 2.32. The minimum Gasteiger partial charge on any atom is -0.454 e. The van der Waals surface area contributed by atoms with Gasteiger partial charge >= 0.3 is 0 Å². The summed E-state index contributed by atoms with van der Waals surface area (Å²) >= 11 is 1.44. The van der Waals surface area contributed by atoms with Crippen molar-refractivity contribution in [1.82, 2.24) is 10.3 Å². The van der Waals surface area contributed by atoms with Crippen molar-refractivity contribution in [3.63, 3.8) is 0 Å². The van der Waals surface area contributed by atoms with Gasteiger partial charge in [0.05, 0.1) is 11.6 Å². The smallest absolute Gasteiger partial charge is 0.257 e. The third-order valence-electron chi connectivity index (χ3n) is 5.47. The number of nitrogens with zero attached hydrogens (tertiary/aromatic N) is 1. The number of anilines is 1. The lowest BCUT2D eigenvalue weighted by Crippen LogP contribution is -2.28. The molecule has 1 aliphatic heterocycles. The van der Waals surface area contributed by atoms with Gasteiger partial charge in [-0.2, -0.15) is 0 Å². The van der Waals surface area contributed by atoms with E-state index in [4.69, 9.17) is 9.47 Å². The predicted octanol–water partition coefficient (Wildman–Crippen LogP) is 3.78. The summed E-state index contributed by atoms with van der Waals surface area (Å²) in [5, 5.41) is 6.39. The Kier molecular flexibility index (Phi) is 5.07. The number of hydrogen-bond acceptors (Lipinski definition) is 6. The molecule has 5 rings (SSSR count). The van der Waals surface area contributed by atoms with Gasteiger partial charge in [0.15, 0.2) is 16.6 Å². The van der Waals surface area contributed by atoms with Crippen LogP contribution in [0.3, 0.4) is 0 Å². The molecule has 2 amide bonds. The lowest BCUT2D eigenvalue weighted by atomic mass is 10.1. The van der Waals surface area contributed by atoms with Gasteiger partial charge in [-0.25, -0.2) is 4.98 Å². The summed E-state index contributed by atoms with van der Waals surface area (Å²) in [6, 6.07) is 13.0. The number of carbonyl (C=O) groups excluding carboxylic acids is 2. The Morgan fingerprint density at radius 2 is 1.94 bits per heavy atom. The van der Waals surface area contributed by atoms with Crippen molar-refractivity contribution in [2.45, 2.75) is 32.2 Å². The first-order chi connectivity index (χ1) is 15.1. The normalized spacial score (nSPS) is 16.1. The van der Waals surface area contributed by atoms with Gasteiger partial charge in [0, 0.05) is 17.0 Å². The van der Waals surface area contributed by atoms with Gasteiger partial charge in [-0.3, -0.25) is 14.9 Å². The number of thiazole rings is 1. The van der Waals surface area contributed by atoms with Crippen LogP contribution in [0, 0.1) is 6.92 Å². The molecule has 2 N–H and O–H groups in total. The third kappa shape index (κ3) is 3.98. The molecule has 0 saturated carbocycles. The molecule has 31 heavy (non-hydrogen) atoms. The first-order valence-corrected chi connectivity index (χ1v) is 10.9. The second kappa shape index (κ2) is 8.03. The number of amides is 2. The molecule has 0 unspecified atom stereocenters. The predicted molar refractivity (Wildman–Crippen MR) is 117 cm³/mol. The van der Waals surface area contributed by atoms with Gasteiger partial charge in [-0.1, -0.05) is 23.8 Å². The molecule has 7 nitrogen and oxygen atoms in total. The van der Waals surface area contributed by atoms with E-state index in [-0.39, 0.29) is 24.5 Å². The number of ether oxygens (including phenoxy) is 2. The maximum Gasteiger partial charge on any atom is 0.257 e. The number of fused-ring (bicyclic) bond motifs is 2. The van der Waals surface area contributed by atoms with E-state index in [1.165, 1.54) is 11.3 Å². The Balaban J connectivity index is 1.23. The SMILES string of the molecule is Cc1ccc(C(=O)Nc2nc3c(s2)CC[C@@H]3C(=O)NCc2ccc3c(c2)OCO3)cc1. The summed E-state index contributed by atoms with van der Waals surface area (Å²) in [5.74, 6) is 0.862. The zero-order valence-corrected chi connectivity index (χ0v) is 17.8. The minimum atomic E-state index is -0.301. The van der Waals surface area contributed by atoms with Crippen molar-refractivity contribution < 1.29 is 19.1 Å². The molecule has 1 aliphatic carbocycles. The Bertz CT molecular complexity index is 1160. The maximum absolute atomic E-state index is 12.8. The van der Waals surface area contributed by atoms with Crippen LogP contribution in [-0.4, -0.2) is 23.6 Å². The highest BCUT2D eigenvalue weighted by Crippen LogP contribution is 2.38. The maximum atomic E-state index is 12.8. The van der Waals surface area contributed by atoms with Gasteiger partial charge in [0.25, 0.3) is 5.91 Å². The van der Waals surface area contributed by atoms with Gasteiger partial charge in [-0.15, -0.1) is 11.3 Å². The first kappa shape index (κ1) is 19.6. The molecule has 158 valence electrons. The largest absolute Gasteiger partial charge is 0.454 e. The quantitative estimate of drug-likeness (QED) is 0.637. The van der Waals surface area contributed by atoms with Gasteiger partial charge in [-0.05, 0) is 49.6 Å². The van der Waals surface area contributed by atoms with Crippen LogP contribution in [0.15, 0.2) is 42.5 Å². The monoisotopic (exact) mass is 435 g/mol. The summed E-state index contributed by atoms with van der Waals surface area (Å²) in [7, 11) is 0. The first-order valence-electron chi connectivity index (χ1n) is 10.1. The van der Waals surface area contributed by atoms with Crippen LogP contribution in [0.25, 0.3) is 0 Å². The fourth-order valence-corrected chi connectivity index (χ4v) is 4.81. The zero-order valence-electron chi connectivity index (χ0n) is 16.9. The topological polar surface area (TPSA) is 89.6 Å². The number of nitrogens with one attached hydrogen (secondary N) is 2. The summed E-state index contributed by atoms with van der Waals surface area (Å²) in [6.45, 7) is 2.61. The molecule has 3 aromatic rings. The molecule has 0 spiro atoms. The molecular formula is C23H21N3O4S. The molecule has 2 heterocycles. The van der Waals surface area contributed by atoms with Crippen LogP contribution in [-0.2, 0) is 17.8 Å². The summed E-state index contributed by atoms with van der Waals surface area (Å²) < 4.78 is 10.7. The van der Waals surface area contributed by atoms with Gasteiger partial charge in [0.1, 0.15) is 0 Å². The Labute approximate surface area is 183 Å². The van der Waals surface area contributed by atoms with Crippen LogP contribution in [0.1, 0.15) is 44.4 Å². The molecular weight excluding hydrogens is 414 g/mol. The number of benzene rings is 2. The lowest BCUT2D eigenvalue weighted by Gasteiger charge is -2.11. The average Bonchev–Trinajstić information content (AvgIpc) is 3.47. The highest BCUT2D eigenvalue weighted by atomic mass is 32.1. The molecule has 0 bridgehead atoms. The zero-order chi connectivity index (χ0) is 21.4. The molecule has 0 fully saturated rings. The van der Waals surface area contributed by atoms with E-state index >= 15 is 0 Å². The highest BCUT2D eigenvalue weighted by molar-refractivity contribution is 7.16.